The number of rotatable bonds is 3. The number of alkyl halides is 1. The molecule has 1 amide bonds. The average Bonchev–Trinajstić information content (AvgIpc) is 2.78. The molecule has 0 bridgehead atoms. The molecule has 5 nitrogen and oxygen atoms in total. The van der Waals surface area contributed by atoms with E-state index >= 15 is 0 Å². The van der Waals surface area contributed by atoms with E-state index in [4.69, 9.17) is 23.2 Å². The third-order valence-electron chi connectivity index (χ3n) is 3.69. The molecule has 20 heavy (non-hydrogen) atoms. The predicted molar refractivity (Wildman–Crippen MR) is 77.4 cm³/mol. The van der Waals surface area contributed by atoms with E-state index in [1.165, 1.54) is 18.2 Å². The zero-order valence-electron chi connectivity index (χ0n) is 10.9. The van der Waals surface area contributed by atoms with Gasteiger partial charge < -0.3 is 4.90 Å². The maximum atomic E-state index is 12.5. The van der Waals surface area contributed by atoms with Gasteiger partial charge in [-0.2, -0.15) is 0 Å². The lowest BCUT2D eigenvalue weighted by atomic mass is 10.0. The normalized spacial score (nSPS) is 22.1. The van der Waals surface area contributed by atoms with Crippen molar-refractivity contribution in [3.63, 3.8) is 0 Å². The number of likely N-dealkylation sites (tertiary alicyclic amines) is 1. The van der Waals surface area contributed by atoms with Crippen molar-refractivity contribution in [3.8, 4) is 0 Å². The van der Waals surface area contributed by atoms with Gasteiger partial charge >= 0.3 is 0 Å². The largest absolute Gasteiger partial charge is 0.334 e. The monoisotopic (exact) mass is 316 g/mol. The van der Waals surface area contributed by atoms with E-state index in [1.54, 1.807) is 4.90 Å². The number of nitrogens with zero attached hydrogens (tertiary/aromatic N) is 2. The molecular formula is C13H14Cl2N2O3. The molecule has 1 fully saturated rings. The highest BCUT2D eigenvalue weighted by atomic mass is 35.5. The minimum absolute atomic E-state index is 0.0201. The van der Waals surface area contributed by atoms with Gasteiger partial charge in [-0.3, -0.25) is 14.9 Å². The zero-order valence-corrected chi connectivity index (χ0v) is 12.4. The van der Waals surface area contributed by atoms with Gasteiger partial charge in [-0.25, -0.2) is 0 Å². The first-order valence-electron chi connectivity index (χ1n) is 6.26. The van der Waals surface area contributed by atoms with Gasteiger partial charge in [-0.05, 0) is 24.5 Å². The van der Waals surface area contributed by atoms with Crippen molar-refractivity contribution in [1.29, 1.82) is 0 Å². The number of halogens is 2. The Hall–Kier alpha value is -1.33. The summed E-state index contributed by atoms with van der Waals surface area (Å²) < 4.78 is 0. The van der Waals surface area contributed by atoms with Crippen molar-refractivity contribution in [2.24, 2.45) is 5.92 Å². The van der Waals surface area contributed by atoms with E-state index in [1.807, 2.05) is 6.92 Å². The molecule has 2 rings (SSSR count). The number of carbonyl (C=O) groups is 1. The molecule has 2 atom stereocenters. The fourth-order valence-corrected chi connectivity index (χ4v) is 3.13. The second-order valence-electron chi connectivity index (χ2n) is 4.90. The van der Waals surface area contributed by atoms with E-state index in [9.17, 15) is 14.9 Å². The van der Waals surface area contributed by atoms with E-state index < -0.39 is 4.92 Å². The second-order valence-corrected chi connectivity index (χ2v) is 5.65. The summed E-state index contributed by atoms with van der Waals surface area (Å²) in [4.78, 5) is 24.6. The zero-order chi connectivity index (χ0) is 14.9. The Morgan fingerprint density at radius 3 is 2.85 bits per heavy atom. The minimum atomic E-state index is -0.571. The fraction of sp³-hybridized carbons (Fsp3) is 0.462. The van der Waals surface area contributed by atoms with Crippen LogP contribution in [0.5, 0.6) is 0 Å². The molecular weight excluding hydrogens is 303 g/mol. The lowest BCUT2D eigenvalue weighted by Gasteiger charge is -2.25. The highest BCUT2D eigenvalue weighted by Gasteiger charge is 2.36. The lowest BCUT2D eigenvalue weighted by Crippen LogP contribution is -2.38. The van der Waals surface area contributed by atoms with Gasteiger partial charge in [0.1, 0.15) is 5.56 Å². The first-order valence-corrected chi connectivity index (χ1v) is 7.17. The van der Waals surface area contributed by atoms with Crippen molar-refractivity contribution in [2.75, 3.05) is 12.4 Å². The molecule has 7 heteroatoms. The maximum absolute atomic E-state index is 12.5. The van der Waals surface area contributed by atoms with Crippen molar-refractivity contribution in [2.45, 2.75) is 19.4 Å². The van der Waals surface area contributed by atoms with Gasteiger partial charge in [-0.1, -0.05) is 18.5 Å². The maximum Gasteiger partial charge on any atom is 0.282 e. The van der Waals surface area contributed by atoms with Crippen LogP contribution in [0.25, 0.3) is 0 Å². The average molecular weight is 317 g/mol. The summed E-state index contributed by atoms with van der Waals surface area (Å²) in [7, 11) is 0. The van der Waals surface area contributed by atoms with E-state index in [2.05, 4.69) is 0 Å². The van der Waals surface area contributed by atoms with Gasteiger partial charge in [0.2, 0.25) is 0 Å². The van der Waals surface area contributed by atoms with Crippen LogP contribution >= 0.6 is 23.2 Å². The third-order valence-corrected chi connectivity index (χ3v) is 4.24. The van der Waals surface area contributed by atoms with Crippen LogP contribution in [0, 0.1) is 16.0 Å². The number of benzene rings is 1. The summed E-state index contributed by atoms with van der Waals surface area (Å²) in [6.45, 7) is 2.58. The van der Waals surface area contributed by atoms with Crippen molar-refractivity contribution >= 4 is 34.8 Å². The summed E-state index contributed by atoms with van der Waals surface area (Å²) >= 11 is 11.8. The van der Waals surface area contributed by atoms with Crippen LogP contribution in [0.15, 0.2) is 18.2 Å². The van der Waals surface area contributed by atoms with E-state index in [0.29, 0.717) is 17.4 Å². The van der Waals surface area contributed by atoms with Gasteiger partial charge in [-0.15, -0.1) is 11.6 Å². The minimum Gasteiger partial charge on any atom is -0.334 e. The molecule has 108 valence electrons. The van der Waals surface area contributed by atoms with Crippen LogP contribution in [-0.4, -0.2) is 34.2 Å². The molecule has 0 aliphatic carbocycles. The van der Waals surface area contributed by atoms with Crippen molar-refractivity contribution < 1.29 is 9.72 Å². The Labute approximate surface area is 126 Å². The van der Waals surface area contributed by atoms with Crippen LogP contribution < -0.4 is 0 Å². The fourth-order valence-electron chi connectivity index (χ4n) is 2.49. The molecule has 1 aromatic carbocycles. The number of amides is 1. The van der Waals surface area contributed by atoms with Crippen LogP contribution in [0.4, 0.5) is 5.69 Å². The third kappa shape index (κ3) is 2.74. The van der Waals surface area contributed by atoms with Crippen LogP contribution in [-0.2, 0) is 0 Å². The van der Waals surface area contributed by atoms with Gasteiger partial charge in [0.15, 0.2) is 0 Å². The Kier molecular flexibility index (Phi) is 4.50. The predicted octanol–water partition coefficient (Wildman–Crippen LogP) is 3.34. The topological polar surface area (TPSA) is 63.5 Å². The first-order chi connectivity index (χ1) is 9.45. The molecule has 1 heterocycles. The summed E-state index contributed by atoms with van der Waals surface area (Å²) in [5.41, 5.74) is -0.209. The molecule has 0 spiro atoms. The van der Waals surface area contributed by atoms with Crippen LogP contribution in [0.2, 0.25) is 5.02 Å². The number of nitro benzene ring substituents is 1. The summed E-state index contributed by atoms with van der Waals surface area (Å²) in [5.74, 6) is 0.227. The van der Waals surface area contributed by atoms with E-state index in [-0.39, 0.29) is 29.1 Å². The molecule has 0 radical (unpaired) electrons. The number of hydrogen-bond acceptors (Lipinski definition) is 3. The Bertz CT molecular complexity index is 550. The van der Waals surface area contributed by atoms with E-state index in [0.717, 1.165) is 6.42 Å². The van der Waals surface area contributed by atoms with Crippen molar-refractivity contribution in [3.05, 3.63) is 38.9 Å². The number of hydrogen-bond donors (Lipinski definition) is 0. The Morgan fingerprint density at radius 1 is 1.55 bits per heavy atom. The SMILES string of the molecule is CC1CCN(C(=O)c2cc(Cl)ccc2[N+](=O)[O-])C1CCl. The summed E-state index contributed by atoms with van der Waals surface area (Å²) in [5, 5.41) is 11.3. The molecule has 1 aromatic rings. The molecule has 1 aliphatic heterocycles. The van der Waals surface area contributed by atoms with Crippen LogP contribution in [0.1, 0.15) is 23.7 Å². The van der Waals surface area contributed by atoms with Crippen molar-refractivity contribution in [1.82, 2.24) is 4.90 Å². The summed E-state index contributed by atoms with van der Waals surface area (Å²) in [6.07, 6.45) is 0.845. The standard InChI is InChI=1S/C13H14Cl2N2O3/c1-8-4-5-16(12(8)7-14)13(18)10-6-9(15)2-3-11(10)17(19)20/h2-3,6,8,12H,4-5,7H2,1H3. The molecule has 0 aromatic heterocycles. The first kappa shape index (κ1) is 15.1. The molecule has 0 N–H and O–H groups in total. The molecule has 0 saturated carbocycles. The Morgan fingerprint density at radius 2 is 2.25 bits per heavy atom. The lowest BCUT2D eigenvalue weighted by molar-refractivity contribution is -0.385. The molecule has 2 unspecified atom stereocenters. The second kappa shape index (κ2) is 5.97. The Balaban J connectivity index is 2.38. The molecule has 1 aliphatic rings. The highest BCUT2D eigenvalue weighted by molar-refractivity contribution is 6.31. The summed E-state index contributed by atoms with van der Waals surface area (Å²) in [6, 6.07) is 3.91. The quantitative estimate of drug-likeness (QED) is 0.488. The molecule has 1 saturated heterocycles. The van der Waals surface area contributed by atoms with Gasteiger partial charge in [0.25, 0.3) is 11.6 Å². The van der Waals surface area contributed by atoms with Crippen LogP contribution in [0.3, 0.4) is 0 Å². The highest BCUT2D eigenvalue weighted by Crippen LogP contribution is 2.30. The van der Waals surface area contributed by atoms with Gasteiger partial charge in [0.05, 0.1) is 4.92 Å². The number of nitro groups is 1. The smallest absolute Gasteiger partial charge is 0.282 e. The number of carbonyl (C=O) groups excluding carboxylic acids is 1. The van der Waals surface area contributed by atoms with Gasteiger partial charge in [0, 0.05) is 29.6 Å².